The third-order valence-electron chi connectivity index (χ3n) is 5.50. The van der Waals surface area contributed by atoms with Crippen LogP contribution in [0.25, 0.3) is 5.69 Å². The van der Waals surface area contributed by atoms with Gasteiger partial charge in [0, 0.05) is 16.1 Å². The number of aryl methyl sites for hydroxylation is 1. The summed E-state index contributed by atoms with van der Waals surface area (Å²) in [5.41, 5.74) is 3.15. The van der Waals surface area contributed by atoms with Crippen molar-refractivity contribution in [1.82, 2.24) is 14.8 Å². The molecular weight excluding hydrogens is 416 g/mol. The van der Waals surface area contributed by atoms with Gasteiger partial charge in [-0.3, -0.25) is 14.4 Å². The fourth-order valence-electron chi connectivity index (χ4n) is 4.00. The molecule has 3 aromatic rings. The number of carbonyl (C=O) groups is 1. The highest BCUT2D eigenvalue weighted by Gasteiger charge is 2.36. The van der Waals surface area contributed by atoms with Gasteiger partial charge in [-0.2, -0.15) is 0 Å². The summed E-state index contributed by atoms with van der Waals surface area (Å²) >= 11 is 6.11. The molecule has 0 fully saturated rings. The monoisotopic (exact) mass is 438 g/mol. The molecule has 4 rings (SSSR count). The zero-order valence-corrected chi connectivity index (χ0v) is 18.3. The number of carboxylic acids is 1. The van der Waals surface area contributed by atoms with E-state index in [1.165, 1.54) is 0 Å². The molecule has 1 aliphatic heterocycles. The summed E-state index contributed by atoms with van der Waals surface area (Å²) in [5.74, 6) is 0.232. The van der Waals surface area contributed by atoms with Crippen LogP contribution in [0.2, 0.25) is 5.02 Å². The van der Waals surface area contributed by atoms with Crippen LogP contribution in [0, 0.1) is 12.8 Å². The number of ether oxygens (including phenoxy) is 1. The maximum absolute atomic E-state index is 12.2. The Labute approximate surface area is 185 Å². The molecule has 1 N–H and O–H groups in total. The van der Waals surface area contributed by atoms with Crippen molar-refractivity contribution < 1.29 is 14.6 Å². The third kappa shape index (κ3) is 3.81. The standard InChI is InChI=1S/C23H23ClN4O3/c1-4-5-17(23(29)30)21-22-27-26-13(2)28(22)19-11-10-16(31-3)12-18(19)20(25-21)14-6-8-15(24)9-7-14/h6-12,17,21H,4-5H2,1-3H3,(H,29,30)/t17-,21-/m0/s1. The summed E-state index contributed by atoms with van der Waals surface area (Å²) in [6.07, 6.45) is 1.19. The Kier molecular flexibility index (Phi) is 5.78. The quantitative estimate of drug-likeness (QED) is 0.606. The van der Waals surface area contributed by atoms with Gasteiger partial charge >= 0.3 is 5.97 Å². The molecule has 7 nitrogen and oxygen atoms in total. The lowest BCUT2D eigenvalue weighted by atomic mass is 9.94. The van der Waals surface area contributed by atoms with Crippen LogP contribution < -0.4 is 4.74 Å². The first-order chi connectivity index (χ1) is 14.9. The number of halogens is 1. The van der Waals surface area contributed by atoms with Crippen molar-refractivity contribution in [3.05, 3.63) is 70.3 Å². The number of rotatable bonds is 6. The lowest BCUT2D eigenvalue weighted by molar-refractivity contribution is -0.142. The van der Waals surface area contributed by atoms with Gasteiger partial charge in [-0.25, -0.2) is 0 Å². The van der Waals surface area contributed by atoms with Gasteiger partial charge in [-0.15, -0.1) is 10.2 Å². The summed E-state index contributed by atoms with van der Waals surface area (Å²) in [6.45, 7) is 3.82. The van der Waals surface area contributed by atoms with Crippen molar-refractivity contribution in [3.63, 3.8) is 0 Å². The number of nitrogens with zero attached hydrogens (tertiary/aromatic N) is 4. The van der Waals surface area contributed by atoms with Crippen molar-refractivity contribution >= 4 is 23.3 Å². The number of fused-ring (bicyclic) bond motifs is 3. The van der Waals surface area contributed by atoms with Crippen LogP contribution in [0.15, 0.2) is 47.5 Å². The molecule has 1 aromatic heterocycles. The number of hydrogen-bond donors (Lipinski definition) is 1. The number of aliphatic carboxylic acids is 1. The lowest BCUT2D eigenvalue weighted by Crippen LogP contribution is -2.23. The fraction of sp³-hybridized carbons (Fsp3) is 0.304. The predicted molar refractivity (Wildman–Crippen MR) is 119 cm³/mol. The molecule has 0 saturated heterocycles. The van der Waals surface area contributed by atoms with Crippen molar-refractivity contribution in [2.75, 3.05) is 7.11 Å². The molecule has 8 heteroatoms. The van der Waals surface area contributed by atoms with E-state index in [-0.39, 0.29) is 0 Å². The molecule has 0 unspecified atom stereocenters. The van der Waals surface area contributed by atoms with Crippen LogP contribution in [-0.4, -0.2) is 38.7 Å². The van der Waals surface area contributed by atoms with Crippen molar-refractivity contribution in [2.24, 2.45) is 10.9 Å². The Morgan fingerprint density at radius 3 is 2.61 bits per heavy atom. The largest absolute Gasteiger partial charge is 0.497 e. The van der Waals surface area contributed by atoms with Gasteiger partial charge in [0.15, 0.2) is 5.82 Å². The Bertz CT molecular complexity index is 1150. The first-order valence-electron chi connectivity index (χ1n) is 10.1. The van der Waals surface area contributed by atoms with Gasteiger partial charge in [0.2, 0.25) is 0 Å². The highest BCUT2D eigenvalue weighted by Crippen LogP contribution is 2.37. The van der Waals surface area contributed by atoms with E-state index in [9.17, 15) is 9.90 Å². The molecule has 0 bridgehead atoms. The maximum Gasteiger partial charge on any atom is 0.309 e. The van der Waals surface area contributed by atoms with Gasteiger partial charge in [0.05, 0.1) is 24.4 Å². The number of aliphatic imine (C=N–C) groups is 1. The van der Waals surface area contributed by atoms with E-state index >= 15 is 0 Å². The minimum atomic E-state index is -0.901. The van der Waals surface area contributed by atoms with E-state index in [4.69, 9.17) is 21.3 Å². The summed E-state index contributed by atoms with van der Waals surface area (Å²) in [6, 6.07) is 12.4. The molecule has 2 aromatic carbocycles. The van der Waals surface area contributed by atoms with Gasteiger partial charge in [0.1, 0.15) is 17.6 Å². The Morgan fingerprint density at radius 1 is 1.23 bits per heavy atom. The number of benzene rings is 2. The number of hydrogen-bond acceptors (Lipinski definition) is 5. The SMILES string of the molecule is CCC[C@H](C(=O)O)[C@@H]1N=C(c2ccc(Cl)cc2)c2cc(OC)ccc2-n2c(C)nnc21. The zero-order chi connectivity index (χ0) is 22.1. The van der Waals surface area contributed by atoms with Crippen LogP contribution >= 0.6 is 11.6 Å². The molecule has 0 radical (unpaired) electrons. The zero-order valence-electron chi connectivity index (χ0n) is 17.5. The van der Waals surface area contributed by atoms with E-state index in [1.807, 2.05) is 48.7 Å². The molecule has 0 amide bonds. The van der Waals surface area contributed by atoms with Crippen LogP contribution in [0.5, 0.6) is 5.75 Å². The lowest BCUT2D eigenvalue weighted by Gasteiger charge is -2.19. The molecule has 31 heavy (non-hydrogen) atoms. The van der Waals surface area contributed by atoms with E-state index in [2.05, 4.69) is 10.2 Å². The average Bonchev–Trinajstić information content (AvgIpc) is 3.07. The number of carboxylic acid groups (broad SMARTS) is 1. The minimum Gasteiger partial charge on any atom is -0.497 e. The van der Waals surface area contributed by atoms with Crippen LogP contribution in [0.1, 0.15) is 48.6 Å². The molecule has 0 saturated carbocycles. The van der Waals surface area contributed by atoms with Crippen molar-refractivity contribution in [3.8, 4) is 11.4 Å². The molecular formula is C23H23ClN4O3. The van der Waals surface area contributed by atoms with E-state index in [0.717, 1.165) is 16.8 Å². The second kappa shape index (κ2) is 8.51. The summed E-state index contributed by atoms with van der Waals surface area (Å²) in [4.78, 5) is 17.2. The Balaban J connectivity index is 2.04. The van der Waals surface area contributed by atoms with Gasteiger partial charge in [-0.05, 0) is 43.7 Å². The van der Waals surface area contributed by atoms with Gasteiger partial charge in [0.25, 0.3) is 0 Å². The van der Waals surface area contributed by atoms with E-state index in [1.54, 1.807) is 19.2 Å². The molecule has 0 aliphatic carbocycles. The maximum atomic E-state index is 12.2. The second-order valence-electron chi connectivity index (χ2n) is 7.49. The summed E-state index contributed by atoms with van der Waals surface area (Å²) < 4.78 is 7.36. The van der Waals surface area contributed by atoms with Crippen LogP contribution in [-0.2, 0) is 4.79 Å². The van der Waals surface area contributed by atoms with E-state index in [0.29, 0.717) is 41.0 Å². The third-order valence-corrected chi connectivity index (χ3v) is 5.75. The summed E-state index contributed by atoms with van der Waals surface area (Å²) in [7, 11) is 1.61. The second-order valence-corrected chi connectivity index (χ2v) is 7.92. The van der Waals surface area contributed by atoms with Gasteiger partial charge < -0.3 is 9.84 Å². The average molecular weight is 439 g/mol. The number of methoxy groups -OCH3 is 1. The molecule has 0 spiro atoms. The normalized spacial score (nSPS) is 16.0. The smallest absolute Gasteiger partial charge is 0.309 e. The van der Waals surface area contributed by atoms with Crippen LogP contribution in [0.3, 0.4) is 0 Å². The molecule has 160 valence electrons. The summed E-state index contributed by atoms with van der Waals surface area (Å²) in [5, 5.41) is 19.2. The first kappa shape index (κ1) is 21.1. The molecule has 2 atom stereocenters. The fourth-order valence-corrected chi connectivity index (χ4v) is 4.12. The minimum absolute atomic E-state index is 0.475. The van der Waals surface area contributed by atoms with Crippen molar-refractivity contribution in [1.29, 1.82) is 0 Å². The molecule has 2 heterocycles. The van der Waals surface area contributed by atoms with Gasteiger partial charge in [-0.1, -0.05) is 37.1 Å². The predicted octanol–water partition coefficient (Wildman–Crippen LogP) is 4.63. The highest BCUT2D eigenvalue weighted by atomic mass is 35.5. The first-order valence-corrected chi connectivity index (χ1v) is 10.5. The Hall–Kier alpha value is -3.19. The molecule has 1 aliphatic rings. The highest BCUT2D eigenvalue weighted by molar-refractivity contribution is 6.30. The number of aromatic nitrogens is 3. The van der Waals surface area contributed by atoms with Crippen molar-refractivity contribution in [2.45, 2.75) is 32.7 Å². The van der Waals surface area contributed by atoms with Crippen LogP contribution in [0.4, 0.5) is 0 Å². The van der Waals surface area contributed by atoms with E-state index < -0.39 is 17.9 Å². The topological polar surface area (TPSA) is 89.6 Å². The Morgan fingerprint density at radius 2 is 1.97 bits per heavy atom.